The second-order valence-electron chi connectivity index (χ2n) is 4.27. The summed E-state index contributed by atoms with van der Waals surface area (Å²) in [5, 5.41) is 26.1. The number of rotatable bonds is 3. The number of carbonyl (C=O) groups excluding carboxylic acids is 1. The van der Waals surface area contributed by atoms with Crippen LogP contribution in [0.15, 0.2) is 47.4 Å². The summed E-state index contributed by atoms with van der Waals surface area (Å²) in [5.74, 6) is -1.15. The first kappa shape index (κ1) is 14.8. The fraction of sp³-hybridized carbons (Fsp3) is 0. The normalized spacial score (nSPS) is 11.1. The van der Waals surface area contributed by atoms with Crippen molar-refractivity contribution in [3.05, 3.63) is 48.0 Å². The van der Waals surface area contributed by atoms with Gasteiger partial charge in [-0.15, -0.1) is 0 Å². The van der Waals surface area contributed by atoms with E-state index in [4.69, 9.17) is 5.14 Å². The summed E-state index contributed by atoms with van der Waals surface area (Å²) in [6, 6.07) is 8.82. The number of hydrogen-bond acceptors (Lipinski definition) is 5. The van der Waals surface area contributed by atoms with Crippen LogP contribution >= 0.6 is 0 Å². The van der Waals surface area contributed by atoms with Gasteiger partial charge in [0.1, 0.15) is 11.5 Å². The van der Waals surface area contributed by atoms with Gasteiger partial charge >= 0.3 is 0 Å². The molecule has 0 radical (unpaired) electrons. The van der Waals surface area contributed by atoms with Gasteiger partial charge in [0, 0.05) is 17.3 Å². The van der Waals surface area contributed by atoms with E-state index in [-0.39, 0.29) is 27.6 Å². The second-order valence-corrected chi connectivity index (χ2v) is 5.83. The number of nitrogens with two attached hydrogens (primary N) is 1. The highest BCUT2D eigenvalue weighted by Crippen LogP contribution is 2.22. The van der Waals surface area contributed by atoms with Gasteiger partial charge in [-0.05, 0) is 30.3 Å². The number of phenols is 2. The third-order valence-corrected chi connectivity index (χ3v) is 3.50. The number of hydrogen-bond donors (Lipinski definition) is 4. The van der Waals surface area contributed by atoms with E-state index in [0.29, 0.717) is 0 Å². The third kappa shape index (κ3) is 3.71. The Morgan fingerprint density at radius 3 is 2.24 bits per heavy atom. The molecule has 2 aromatic carbocycles. The summed E-state index contributed by atoms with van der Waals surface area (Å²) in [6.45, 7) is 0. The Morgan fingerprint density at radius 2 is 1.67 bits per heavy atom. The number of anilines is 1. The minimum atomic E-state index is -3.87. The van der Waals surface area contributed by atoms with Crippen molar-refractivity contribution < 1.29 is 23.4 Å². The number of amides is 1. The number of sulfonamides is 1. The molecule has 0 aliphatic carbocycles. The van der Waals surface area contributed by atoms with Gasteiger partial charge in [-0.25, -0.2) is 13.6 Å². The van der Waals surface area contributed by atoms with Crippen molar-refractivity contribution in [2.75, 3.05) is 5.32 Å². The fourth-order valence-electron chi connectivity index (χ4n) is 1.68. The van der Waals surface area contributed by atoms with E-state index in [0.717, 1.165) is 6.07 Å². The molecule has 5 N–H and O–H groups in total. The summed E-state index contributed by atoms with van der Waals surface area (Å²) in [5.41, 5.74) is 0.239. The summed E-state index contributed by atoms with van der Waals surface area (Å²) in [6.07, 6.45) is 0. The lowest BCUT2D eigenvalue weighted by molar-refractivity contribution is 0.102. The summed E-state index contributed by atoms with van der Waals surface area (Å²) < 4.78 is 22.5. The van der Waals surface area contributed by atoms with Crippen molar-refractivity contribution in [3.63, 3.8) is 0 Å². The number of carbonyl (C=O) groups is 1. The molecule has 0 aliphatic rings. The fourth-order valence-corrected chi connectivity index (χ4v) is 2.24. The molecule has 0 aliphatic heterocycles. The quantitative estimate of drug-likeness (QED) is 0.672. The minimum Gasteiger partial charge on any atom is -0.508 e. The number of benzene rings is 2. The van der Waals surface area contributed by atoms with Crippen LogP contribution in [0.25, 0.3) is 0 Å². The molecule has 0 bridgehead atoms. The van der Waals surface area contributed by atoms with Crippen LogP contribution in [0.2, 0.25) is 0 Å². The molecule has 1 amide bonds. The van der Waals surface area contributed by atoms with Crippen molar-refractivity contribution >= 4 is 21.6 Å². The zero-order chi connectivity index (χ0) is 15.6. The zero-order valence-electron chi connectivity index (χ0n) is 10.6. The van der Waals surface area contributed by atoms with Crippen LogP contribution in [0.4, 0.5) is 5.69 Å². The molecule has 8 heteroatoms. The number of primary sulfonamides is 1. The Bertz CT molecular complexity index is 782. The average Bonchev–Trinajstić information content (AvgIpc) is 2.37. The molecule has 0 saturated heterocycles. The molecule has 0 atom stereocenters. The summed E-state index contributed by atoms with van der Waals surface area (Å²) >= 11 is 0. The Kier molecular flexibility index (Phi) is 3.83. The third-order valence-electron chi connectivity index (χ3n) is 2.59. The first-order chi connectivity index (χ1) is 9.75. The number of aromatic hydroxyl groups is 2. The van der Waals surface area contributed by atoms with Crippen LogP contribution in [0.5, 0.6) is 11.5 Å². The van der Waals surface area contributed by atoms with Crippen molar-refractivity contribution in [2.45, 2.75) is 4.90 Å². The Morgan fingerprint density at radius 1 is 1.05 bits per heavy atom. The lowest BCUT2D eigenvalue weighted by Gasteiger charge is -2.07. The topological polar surface area (TPSA) is 130 Å². The Labute approximate surface area is 120 Å². The number of phenolic OH excluding ortho intramolecular Hbond substituents is 2. The highest BCUT2D eigenvalue weighted by Gasteiger charge is 2.12. The predicted octanol–water partition coefficient (Wildman–Crippen LogP) is 0.997. The van der Waals surface area contributed by atoms with Gasteiger partial charge in [-0.1, -0.05) is 6.07 Å². The van der Waals surface area contributed by atoms with Crippen LogP contribution in [0, 0.1) is 0 Å². The smallest absolute Gasteiger partial charge is 0.255 e. The molecule has 7 nitrogen and oxygen atoms in total. The number of nitrogens with one attached hydrogen (secondary N) is 1. The van der Waals surface area contributed by atoms with Crippen molar-refractivity contribution in [3.8, 4) is 11.5 Å². The van der Waals surface area contributed by atoms with Gasteiger partial charge in [0.15, 0.2) is 0 Å². The second kappa shape index (κ2) is 5.43. The molecule has 0 saturated carbocycles. The predicted molar refractivity (Wildman–Crippen MR) is 75.5 cm³/mol. The lowest BCUT2D eigenvalue weighted by Crippen LogP contribution is -2.14. The van der Waals surface area contributed by atoms with E-state index in [1.807, 2.05) is 0 Å². The van der Waals surface area contributed by atoms with Crippen LogP contribution in [-0.4, -0.2) is 24.5 Å². The molecule has 0 fully saturated rings. The van der Waals surface area contributed by atoms with E-state index >= 15 is 0 Å². The van der Waals surface area contributed by atoms with Crippen LogP contribution in [0.3, 0.4) is 0 Å². The molecule has 2 rings (SSSR count). The minimum absolute atomic E-state index is 0.0218. The maximum Gasteiger partial charge on any atom is 0.255 e. The average molecular weight is 308 g/mol. The molecular weight excluding hydrogens is 296 g/mol. The van der Waals surface area contributed by atoms with Crippen LogP contribution in [-0.2, 0) is 10.0 Å². The highest BCUT2D eigenvalue weighted by atomic mass is 32.2. The van der Waals surface area contributed by atoms with Gasteiger partial charge in [0.2, 0.25) is 10.0 Å². The van der Waals surface area contributed by atoms with Crippen molar-refractivity contribution in [1.82, 2.24) is 0 Å². The molecule has 0 spiro atoms. The molecule has 21 heavy (non-hydrogen) atoms. The lowest BCUT2D eigenvalue weighted by atomic mass is 10.2. The molecular formula is C13H12N2O5S. The van der Waals surface area contributed by atoms with Crippen LogP contribution < -0.4 is 10.5 Å². The Balaban J connectivity index is 2.28. The maximum atomic E-state index is 12.0. The van der Waals surface area contributed by atoms with Gasteiger partial charge in [-0.2, -0.15) is 0 Å². The van der Waals surface area contributed by atoms with Crippen LogP contribution in [0.1, 0.15) is 10.4 Å². The standard InChI is InChI=1S/C13H12N2O5S/c14-21(19,20)12-3-1-2-9(6-12)15-13(18)8-4-10(16)7-11(17)5-8/h1-7,16-17H,(H,15,18)(H2,14,19,20). The van der Waals surface area contributed by atoms with E-state index in [1.165, 1.54) is 36.4 Å². The first-order valence-electron chi connectivity index (χ1n) is 5.73. The molecule has 0 aromatic heterocycles. The van der Waals surface area contributed by atoms with Gasteiger partial charge in [0.25, 0.3) is 5.91 Å². The van der Waals surface area contributed by atoms with Gasteiger partial charge in [0.05, 0.1) is 4.90 Å². The van der Waals surface area contributed by atoms with Gasteiger partial charge < -0.3 is 15.5 Å². The SMILES string of the molecule is NS(=O)(=O)c1cccc(NC(=O)c2cc(O)cc(O)c2)c1. The molecule has 110 valence electrons. The largest absolute Gasteiger partial charge is 0.508 e. The van der Waals surface area contributed by atoms with E-state index in [1.54, 1.807) is 0 Å². The molecule has 2 aromatic rings. The zero-order valence-corrected chi connectivity index (χ0v) is 11.5. The van der Waals surface area contributed by atoms with E-state index in [2.05, 4.69) is 5.32 Å². The summed E-state index contributed by atoms with van der Waals surface area (Å²) in [7, 11) is -3.87. The molecule has 0 heterocycles. The van der Waals surface area contributed by atoms with Crippen molar-refractivity contribution in [2.24, 2.45) is 5.14 Å². The molecule has 0 unspecified atom stereocenters. The highest BCUT2D eigenvalue weighted by molar-refractivity contribution is 7.89. The summed E-state index contributed by atoms with van der Waals surface area (Å²) in [4.78, 5) is 11.8. The maximum absolute atomic E-state index is 12.0. The van der Waals surface area contributed by atoms with E-state index < -0.39 is 15.9 Å². The van der Waals surface area contributed by atoms with E-state index in [9.17, 15) is 23.4 Å². The van der Waals surface area contributed by atoms with Crippen molar-refractivity contribution in [1.29, 1.82) is 0 Å². The monoisotopic (exact) mass is 308 g/mol. The first-order valence-corrected chi connectivity index (χ1v) is 7.27. The Hall–Kier alpha value is -2.58. The van der Waals surface area contributed by atoms with Gasteiger partial charge in [-0.3, -0.25) is 4.79 Å².